The SMILES string of the molecule is CCOc1cccc(C2C(C#N)=C(N)Oc3cc(OC(=O)c4ccco4)ccc32)c1. The van der Waals surface area contributed by atoms with Crippen LogP contribution in [0.5, 0.6) is 17.2 Å². The molecule has 1 aromatic heterocycles. The monoisotopic (exact) mass is 402 g/mol. The lowest BCUT2D eigenvalue weighted by molar-refractivity contribution is 0.0701. The van der Waals surface area contributed by atoms with Crippen molar-refractivity contribution in [2.75, 3.05) is 6.61 Å². The molecule has 4 rings (SSSR count). The van der Waals surface area contributed by atoms with Crippen LogP contribution in [0.3, 0.4) is 0 Å². The molecule has 0 aliphatic carbocycles. The summed E-state index contributed by atoms with van der Waals surface area (Å²) < 4.78 is 21.7. The number of hydrogen-bond donors (Lipinski definition) is 1. The number of carbonyl (C=O) groups excluding carboxylic acids is 1. The summed E-state index contributed by atoms with van der Waals surface area (Å²) in [6.45, 7) is 2.43. The molecule has 0 spiro atoms. The third-order valence-corrected chi connectivity index (χ3v) is 4.63. The fourth-order valence-corrected chi connectivity index (χ4v) is 3.34. The van der Waals surface area contributed by atoms with Crippen LogP contribution in [0.4, 0.5) is 0 Å². The first-order chi connectivity index (χ1) is 14.6. The Morgan fingerprint density at radius 1 is 1.17 bits per heavy atom. The van der Waals surface area contributed by atoms with Crippen LogP contribution in [-0.4, -0.2) is 12.6 Å². The summed E-state index contributed by atoms with van der Waals surface area (Å²) in [7, 11) is 0. The second-order valence-electron chi connectivity index (χ2n) is 6.50. The lowest BCUT2D eigenvalue weighted by atomic mass is 9.83. The van der Waals surface area contributed by atoms with Gasteiger partial charge in [-0.05, 0) is 42.8 Å². The van der Waals surface area contributed by atoms with E-state index in [-0.39, 0.29) is 17.4 Å². The molecular weight excluding hydrogens is 384 g/mol. The third-order valence-electron chi connectivity index (χ3n) is 4.63. The maximum atomic E-state index is 12.1. The first-order valence-electron chi connectivity index (χ1n) is 9.30. The van der Waals surface area contributed by atoms with E-state index in [0.717, 1.165) is 11.1 Å². The van der Waals surface area contributed by atoms with Crippen molar-refractivity contribution in [3.8, 4) is 23.3 Å². The first kappa shape index (κ1) is 19.2. The molecule has 0 amide bonds. The number of esters is 1. The van der Waals surface area contributed by atoms with Crippen molar-refractivity contribution < 1.29 is 23.4 Å². The van der Waals surface area contributed by atoms with Gasteiger partial charge in [0.1, 0.15) is 28.9 Å². The Bertz CT molecular complexity index is 1160. The van der Waals surface area contributed by atoms with Gasteiger partial charge in [0.25, 0.3) is 0 Å². The number of nitrogens with two attached hydrogens (primary N) is 1. The largest absolute Gasteiger partial charge is 0.494 e. The van der Waals surface area contributed by atoms with Gasteiger partial charge < -0.3 is 24.4 Å². The summed E-state index contributed by atoms with van der Waals surface area (Å²) >= 11 is 0. The average molecular weight is 402 g/mol. The van der Waals surface area contributed by atoms with Crippen molar-refractivity contribution in [1.82, 2.24) is 0 Å². The van der Waals surface area contributed by atoms with Gasteiger partial charge in [0, 0.05) is 11.6 Å². The number of benzene rings is 2. The Balaban J connectivity index is 1.71. The topological polar surface area (TPSA) is 108 Å². The molecule has 7 nitrogen and oxygen atoms in total. The normalized spacial score (nSPS) is 15.0. The Hall–Kier alpha value is -4.18. The van der Waals surface area contributed by atoms with Crippen LogP contribution in [0.15, 0.2) is 76.7 Å². The molecule has 0 saturated heterocycles. The lowest BCUT2D eigenvalue weighted by Crippen LogP contribution is -2.21. The Morgan fingerprint density at radius 2 is 2.03 bits per heavy atom. The maximum Gasteiger partial charge on any atom is 0.379 e. The number of furan rings is 1. The molecule has 1 unspecified atom stereocenters. The molecule has 30 heavy (non-hydrogen) atoms. The van der Waals surface area contributed by atoms with Crippen LogP contribution >= 0.6 is 0 Å². The van der Waals surface area contributed by atoms with E-state index < -0.39 is 11.9 Å². The Kier molecular flexibility index (Phi) is 5.14. The van der Waals surface area contributed by atoms with E-state index in [2.05, 4.69) is 6.07 Å². The van der Waals surface area contributed by atoms with Crippen molar-refractivity contribution >= 4 is 5.97 Å². The van der Waals surface area contributed by atoms with Gasteiger partial charge in [-0.3, -0.25) is 0 Å². The molecule has 2 heterocycles. The number of carbonyl (C=O) groups is 1. The standard InChI is InChI=1S/C23H18N2O5/c1-2-27-15-6-3-5-14(11-15)21-17-9-8-16(29-23(26)19-7-4-10-28-19)12-20(17)30-22(25)18(21)13-24/h3-12,21H,2,25H2,1H3. The van der Waals surface area contributed by atoms with E-state index in [1.54, 1.807) is 24.3 Å². The van der Waals surface area contributed by atoms with Crippen molar-refractivity contribution in [3.63, 3.8) is 0 Å². The second kappa shape index (κ2) is 8.05. The maximum absolute atomic E-state index is 12.1. The lowest BCUT2D eigenvalue weighted by Gasteiger charge is -2.27. The number of hydrogen-bond acceptors (Lipinski definition) is 7. The van der Waals surface area contributed by atoms with Crippen LogP contribution < -0.4 is 19.9 Å². The highest BCUT2D eigenvalue weighted by Crippen LogP contribution is 2.44. The van der Waals surface area contributed by atoms with Crippen molar-refractivity contribution in [3.05, 3.63) is 89.2 Å². The van der Waals surface area contributed by atoms with E-state index >= 15 is 0 Å². The van der Waals surface area contributed by atoms with Gasteiger partial charge >= 0.3 is 5.97 Å². The number of allylic oxidation sites excluding steroid dienone is 1. The summed E-state index contributed by atoms with van der Waals surface area (Å²) in [4.78, 5) is 12.1. The molecule has 0 saturated carbocycles. The Labute approximate surface area is 172 Å². The fourth-order valence-electron chi connectivity index (χ4n) is 3.34. The van der Waals surface area contributed by atoms with Gasteiger partial charge in [-0.15, -0.1) is 0 Å². The smallest absolute Gasteiger partial charge is 0.379 e. The van der Waals surface area contributed by atoms with Gasteiger partial charge in [-0.1, -0.05) is 18.2 Å². The van der Waals surface area contributed by atoms with Crippen LogP contribution in [0.25, 0.3) is 0 Å². The van der Waals surface area contributed by atoms with E-state index in [1.165, 1.54) is 12.3 Å². The highest BCUT2D eigenvalue weighted by Gasteiger charge is 2.31. The fraction of sp³-hybridized carbons (Fsp3) is 0.130. The number of fused-ring (bicyclic) bond motifs is 1. The summed E-state index contributed by atoms with van der Waals surface area (Å²) in [6, 6.07) is 17.7. The molecule has 7 heteroatoms. The molecule has 150 valence electrons. The second-order valence-corrected chi connectivity index (χ2v) is 6.50. The van der Waals surface area contributed by atoms with Gasteiger partial charge in [-0.25, -0.2) is 4.79 Å². The van der Waals surface area contributed by atoms with E-state index in [0.29, 0.717) is 23.7 Å². The zero-order valence-electron chi connectivity index (χ0n) is 16.1. The van der Waals surface area contributed by atoms with Crippen molar-refractivity contribution in [2.24, 2.45) is 5.73 Å². The average Bonchev–Trinajstić information content (AvgIpc) is 3.28. The Morgan fingerprint density at radius 3 is 2.77 bits per heavy atom. The van der Waals surface area contributed by atoms with Crippen molar-refractivity contribution in [1.29, 1.82) is 5.26 Å². The summed E-state index contributed by atoms with van der Waals surface area (Å²) in [5.74, 6) is 0.403. The van der Waals surface area contributed by atoms with Crippen LogP contribution in [0, 0.1) is 11.3 Å². The molecular formula is C23H18N2O5. The van der Waals surface area contributed by atoms with Gasteiger partial charge in [0.05, 0.1) is 18.8 Å². The molecule has 2 N–H and O–H groups in total. The number of rotatable bonds is 5. The highest BCUT2D eigenvalue weighted by atomic mass is 16.5. The van der Waals surface area contributed by atoms with Gasteiger partial charge in [0.2, 0.25) is 11.6 Å². The molecule has 1 aliphatic rings. The summed E-state index contributed by atoms with van der Waals surface area (Å²) in [5.41, 5.74) is 7.91. The molecule has 1 aliphatic heterocycles. The van der Waals surface area contributed by atoms with E-state index in [4.69, 9.17) is 24.4 Å². The zero-order chi connectivity index (χ0) is 21.1. The summed E-state index contributed by atoms with van der Waals surface area (Å²) in [6.07, 6.45) is 1.39. The van der Waals surface area contributed by atoms with Gasteiger partial charge in [0.15, 0.2) is 0 Å². The molecule has 0 bridgehead atoms. The molecule has 3 aromatic rings. The first-order valence-corrected chi connectivity index (χ1v) is 9.30. The van der Waals surface area contributed by atoms with Crippen LogP contribution in [0.2, 0.25) is 0 Å². The van der Waals surface area contributed by atoms with Gasteiger partial charge in [-0.2, -0.15) is 5.26 Å². The zero-order valence-corrected chi connectivity index (χ0v) is 16.1. The minimum atomic E-state index is -0.627. The van der Waals surface area contributed by atoms with Crippen LogP contribution in [0.1, 0.15) is 34.5 Å². The minimum Gasteiger partial charge on any atom is -0.494 e. The van der Waals surface area contributed by atoms with Crippen molar-refractivity contribution in [2.45, 2.75) is 12.8 Å². The molecule has 2 aromatic carbocycles. The van der Waals surface area contributed by atoms with E-state index in [1.807, 2.05) is 31.2 Å². The molecule has 0 radical (unpaired) electrons. The highest BCUT2D eigenvalue weighted by molar-refractivity contribution is 5.88. The summed E-state index contributed by atoms with van der Waals surface area (Å²) in [5, 5.41) is 9.69. The molecule has 1 atom stereocenters. The quantitative estimate of drug-likeness (QED) is 0.505. The minimum absolute atomic E-state index is 0.00586. The predicted molar refractivity (Wildman–Crippen MR) is 107 cm³/mol. The predicted octanol–water partition coefficient (Wildman–Crippen LogP) is 4.12. The molecule has 0 fully saturated rings. The number of ether oxygens (including phenoxy) is 3. The van der Waals surface area contributed by atoms with E-state index in [9.17, 15) is 10.1 Å². The third kappa shape index (κ3) is 3.59. The number of nitrogens with zero attached hydrogens (tertiary/aromatic N) is 1. The van der Waals surface area contributed by atoms with Crippen LogP contribution in [-0.2, 0) is 0 Å². The number of nitriles is 1.